The molecule has 7 nitrogen and oxygen atoms in total. The Balaban J connectivity index is 1.54. The molecule has 0 aliphatic heterocycles. The topological polar surface area (TPSA) is 88.9 Å². The third-order valence-electron chi connectivity index (χ3n) is 5.31. The summed E-state index contributed by atoms with van der Waals surface area (Å²) >= 11 is 0. The van der Waals surface area contributed by atoms with Crippen molar-refractivity contribution in [2.75, 3.05) is 6.54 Å². The second kappa shape index (κ2) is 8.87. The van der Waals surface area contributed by atoms with E-state index >= 15 is 0 Å². The third kappa shape index (κ3) is 4.35. The minimum absolute atomic E-state index is 0.164. The second-order valence-corrected chi connectivity index (χ2v) is 7.53. The Hall–Kier alpha value is -3.87. The first-order valence-electron chi connectivity index (χ1n) is 10.2. The van der Waals surface area contributed by atoms with E-state index in [1.807, 2.05) is 48.5 Å². The van der Waals surface area contributed by atoms with E-state index in [9.17, 15) is 14.4 Å². The number of H-pyrrole nitrogens is 1. The standard InChI is InChI=1S/C24H24N4O3/c1-27-16-19(22(29)25-14-8-13-17-9-4-2-5-10-17)20-21(27)23(30)28(24(31)26-20)15-18-11-6-3-7-12-18/h2-7,9-12,16H,8,13-15H2,1H3,(H,25,29)(H,26,31). The maximum atomic E-state index is 13.0. The minimum Gasteiger partial charge on any atom is -0.352 e. The van der Waals surface area contributed by atoms with Gasteiger partial charge in [0.05, 0.1) is 17.6 Å². The smallest absolute Gasteiger partial charge is 0.329 e. The van der Waals surface area contributed by atoms with Crippen molar-refractivity contribution in [1.82, 2.24) is 19.4 Å². The molecule has 2 heterocycles. The Morgan fingerprint density at radius 2 is 1.61 bits per heavy atom. The van der Waals surface area contributed by atoms with Crippen LogP contribution >= 0.6 is 0 Å². The normalized spacial score (nSPS) is 11.0. The van der Waals surface area contributed by atoms with E-state index in [-0.39, 0.29) is 18.0 Å². The number of carbonyl (C=O) groups excluding carboxylic acids is 1. The molecule has 0 fully saturated rings. The zero-order valence-electron chi connectivity index (χ0n) is 17.3. The Morgan fingerprint density at radius 3 is 2.29 bits per heavy atom. The van der Waals surface area contributed by atoms with Gasteiger partial charge in [0.25, 0.3) is 11.5 Å². The van der Waals surface area contributed by atoms with Crippen molar-refractivity contribution >= 4 is 16.9 Å². The van der Waals surface area contributed by atoms with Gasteiger partial charge in [-0.2, -0.15) is 0 Å². The largest absolute Gasteiger partial charge is 0.352 e. The Kier molecular flexibility index (Phi) is 5.84. The number of rotatable bonds is 7. The highest BCUT2D eigenvalue weighted by atomic mass is 16.2. The Bertz CT molecular complexity index is 1320. The van der Waals surface area contributed by atoms with Gasteiger partial charge in [-0.05, 0) is 24.0 Å². The number of nitrogens with one attached hydrogen (secondary N) is 2. The molecule has 2 aromatic carbocycles. The zero-order chi connectivity index (χ0) is 21.8. The summed E-state index contributed by atoms with van der Waals surface area (Å²) in [7, 11) is 1.70. The number of benzene rings is 2. The molecule has 0 aliphatic carbocycles. The lowest BCUT2D eigenvalue weighted by molar-refractivity contribution is 0.0954. The number of aryl methyl sites for hydroxylation is 2. The van der Waals surface area contributed by atoms with Crippen LogP contribution in [0.25, 0.3) is 11.0 Å². The van der Waals surface area contributed by atoms with Crippen molar-refractivity contribution in [1.29, 1.82) is 0 Å². The van der Waals surface area contributed by atoms with E-state index in [1.165, 1.54) is 5.56 Å². The van der Waals surface area contributed by atoms with Gasteiger partial charge in [0.1, 0.15) is 5.52 Å². The van der Waals surface area contributed by atoms with Crippen LogP contribution in [-0.4, -0.2) is 26.6 Å². The molecular formula is C24H24N4O3. The van der Waals surface area contributed by atoms with Crippen molar-refractivity contribution in [2.24, 2.45) is 7.05 Å². The summed E-state index contributed by atoms with van der Waals surface area (Å²) < 4.78 is 2.74. The van der Waals surface area contributed by atoms with Crippen LogP contribution in [0.2, 0.25) is 0 Å². The van der Waals surface area contributed by atoms with Crippen LogP contribution in [0.3, 0.4) is 0 Å². The first kappa shape index (κ1) is 20.4. The van der Waals surface area contributed by atoms with Gasteiger partial charge in [-0.25, -0.2) is 4.79 Å². The summed E-state index contributed by atoms with van der Waals surface area (Å²) in [6.45, 7) is 0.663. The van der Waals surface area contributed by atoms with Gasteiger partial charge in [0.2, 0.25) is 0 Å². The first-order valence-corrected chi connectivity index (χ1v) is 10.2. The highest BCUT2D eigenvalue weighted by molar-refractivity contribution is 6.05. The molecule has 7 heteroatoms. The number of aromatic amines is 1. The maximum absolute atomic E-state index is 13.0. The predicted octanol–water partition coefficient (Wildman–Crippen LogP) is 2.44. The fourth-order valence-electron chi connectivity index (χ4n) is 3.72. The van der Waals surface area contributed by atoms with E-state index in [4.69, 9.17) is 0 Å². The SMILES string of the molecule is Cn1cc(C(=O)NCCCc2ccccc2)c2[nH]c(=O)n(Cc3ccccc3)c(=O)c21. The Labute approximate surface area is 179 Å². The van der Waals surface area contributed by atoms with Crippen LogP contribution in [0.1, 0.15) is 27.9 Å². The van der Waals surface area contributed by atoms with Crippen molar-refractivity contribution in [3.05, 3.63) is 104 Å². The van der Waals surface area contributed by atoms with E-state index in [1.54, 1.807) is 17.8 Å². The summed E-state index contributed by atoms with van der Waals surface area (Å²) in [4.78, 5) is 41.1. The number of amides is 1. The number of hydrogen-bond donors (Lipinski definition) is 2. The number of fused-ring (bicyclic) bond motifs is 1. The van der Waals surface area contributed by atoms with Gasteiger partial charge < -0.3 is 14.9 Å². The van der Waals surface area contributed by atoms with E-state index in [0.717, 1.165) is 23.0 Å². The molecule has 31 heavy (non-hydrogen) atoms. The molecule has 0 aliphatic rings. The quantitative estimate of drug-likeness (QED) is 0.454. The van der Waals surface area contributed by atoms with Crippen LogP contribution in [0.4, 0.5) is 0 Å². The van der Waals surface area contributed by atoms with Crippen LogP contribution in [-0.2, 0) is 20.0 Å². The molecular weight excluding hydrogens is 392 g/mol. The van der Waals surface area contributed by atoms with Crippen molar-refractivity contribution in [2.45, 2.75) is 19.4 Å². The fourth-order valence-corrected chi connectivity index (χ4v) is 3.72. The molecule has 0 saturated heterocycles. The summed E-state index contributed by atoms with van der Waals surface area (Å²) in [6, 6.07) is 19.4. The first-order chi connectivity index (χ1) is 15.0. The summed E-state index contributed by atoms with van der Waals surface area (Å²) in [5.41, 5.74) is 1.95. The molecule has 0 spiro atoms. The molecule has 0 atom stereocenters. The average Bonchev–Trinajstić information content (AvgIpc) is 3.11. The molecule has 1 amide bonds. The van der Waals surface area contributed by atoms with Gasteiger partial charge in [-0.3, -0.25) is 14.2 Å². The van der Waals surface area contributed by atoms with Gasteiger partial charge in [0.15, 0.2) is 0 Å². The molecule has 2 N–H and O–H groups in total. The van der Waals surface area contributed by atoms with E-state index in [0.29, 0.717) is 17.6 Å². The van der Waals surface area contributed by atoms with Crippen molar-refractivity contribution in [3.8, 4) is 0 Å². The minimum atomic E-state index is -0.536. The highest BCUT2D eigenvalue weighted by Gasteiger charge is 2.19. The second-order valence-electron chi connectivity index (χ2n) is 7.53. The molecule has 4 aromatic rings. The summed E-state index contributed by atoms with van der Waals surface area (Å²) in [5.74, 6) is -0.311. The van der Waals surface area contributed by atoms with Crippen molar-refractivity contribution < 1.29 is 4.79 Å². The van der Waals surface area contributed by atoms with Crippen LogP contribution < -0.4 is 16.6 Å². The number of carbonyl (C=O) groups is 1. The van der Waals surface area contributed by atoms with Crippen LogP contribution in [0, 0.1) is 0 Å². The highest BCUT2D eigenvalue weighted by Crippen LogP contribution is 2.14. The van der Waals surface area contributed by atoms with E-state index < -0.39 is 11.2 Å². The summed E-state index contributed by atoms with van der Waals surface area (Å²) in [5, 5.41) is 2.88. The molecule has 0 radical (unpaired) electrons. The van der Waals surface area contributed by atoms with E-state index in [2.05, 4.69) is 22.4 Å². The Morgan fingerprint density at radius 1 is 0.968 bits per heavy atom. The lowest BCUT2D eigenvalue weighted by Crippen LogP contribution is -2.36. The van der Waals surface area contributed by atoms with Gasteiger partial charge in [-0.15, -0.1) is 0 Å². The predicted molar refractivity (Wildman–Crippen MR) is 120 cm³/mol. The molecule has 0 saturated carbocycles. The molecule has 158 valence electrons. The zero-order valence-corrected chi connectivity index (χ0v) is 17.3. The molecule has 4 rings (SSSR count). The van der Waals surface area contributed by atoms with Gasteiger partial charge in [-0.1, -0.05) is 60.7 Å². The van der Waals surface area contributed by atoms with Crippen molar-refractivity contribution in [3.63, 3.8) is 0 Å². The number of hydrogen-bond acceptors (Lipinski definition) is 3. The van der Waals surface area contributed by atoms with Gasteiger partial charge >= 0.3 is 5.69 Å². The maximum Gasteiger partial charge on any atom is 0.329 e. The molecule has 2 aromatic heterocycles. The number of aromatic nitrogens is 3. The van der Waals surface area contributed by atoms with Gasteiger partial charge in [0, 0.05) is 19.8 Å². The lowest BCUT2D eigenvalue weighted by Gasteiger charge is -2.07. The lowest BCUT2D eigenvalue weighted by atomic mass is 10.1. The summed E-state index contributed by atoms with van der Waals surface area (Å²) in [6.07, 6.45) is 3.24. The van der Waals surface area contributed by atoms with Crippen LogP contribution in [0.5, 0.6) is 0 Å². The molecule has 0 bridgehead atoms. The average molecular weight is 416 g/mol. The number of nitrogens with zero attached hydrogens (tertiary/aromatic N) is 2. The van der Waals surface area contributed by atoms with Crippen LogP contribution in [0.15, 0.2) is 76.4 Å². The fraction of sp³-hybridized carbons (Fsp3) is 0.208. The monoisotopic (exact) mass is 416 g/mol. The third-order valence-corrected chi connectivity index (χ3v) is 5.31. The molecule has 0 unspecified atom stereocenters.